The van der Waals surface area contributed by atoms with E-state index in [1.807, 2.05) is 50.3 Å². The average Bonchev–Trinajstić information content (AvgIpc) is 2.98. The van der Waals surface area contributed by atoms with Crippen LogP contribution in [0.25, 0.3) is 6.08 Å². The van der Waals surface area contributed by atoms with Gasteiger partial charge in [0.1, 0.15) is 23.3 Å². The van der Waals surface area contributed by atoms with E-state index in [4.69, 9.17) is 4.74 Å². The Balaban J connectivity index is 0. The Hall–Kier alpha value is -3.53. The molecule has 0 atom stereocenters. The molecule has 0 saturated carbocycles. The van der Waals surface area contributed by atoms with E-state index in [9.17, 15) is 22.6 Å². The molecule has 0 aliphatic heterocycles. The van der Waals surface area contributed by atoms with Crippen LogP contribution in [0.3, 0.4) is 0 Å². The number of likely N-dealkylation sites (N-methyl/N-ethyl adjacent to an activating group) is 1. The number of ether oxygens (including phenoxy) is 2. The van der Waals surface area contributed by atoms with Gasteiger partial charge in [-0.2, -0.15) is 0 Å². The van der Waals surface area contributed by atoms with E-state index in [1.54, 1.807) is 19.1 Å². The van der Waals surface area contributed by atoms with Crippen molar-refractivity contribution in [3.05, 3.63) is 97.1 Å². The highest BCUT2D eigenvalue weighted by atomic mass is 32.2. The van der Waals surface area contributed by atoms with Crippen molar-refractivity contribution in [2.45, 2.75) is 52.4 Å². The second kappa shape index (κ2) is 23.1. The molecule has 2 aromatic rings. The molecule has 0 aliphatic rings. The SMILES string of the molecule is C=C(C)C(=O)OCC[N+](C)(CC)CC.C=CC(=O)OCCCC.C=Cc1ccccc1.Cc1ccc(S(=O)(=O)[O-])cc1. The summed E-state index contributed by atoms with van der Waals surface area (Å²) >= 11 is 0. The molecule has 0 saturated heterocycles. The van der Waals surface area contributed by atoms with E-state index in [-0.39, 0.29) is 16.8 Å². The second-order valence-electron chi connectivity index (χ2n) is 9.50. The normalized spacial score (nSPS) is 10.2. The molecular formula is C33H49NO7S. The number of quaternary nitrogens is 1. The molecule has 0 amide bonds. The number of carbonyl (C=O) groups excluding carboxylic acids is 2. The monoisotopic (exact) mass is 603 g/mol. The van der Waals surface area contributed by atoms with Gasteiger partial charge < -0.3 is 18.5 Å². The molecule has 2 aromatic carbocycles. The van der Waals surface area contributed by atoms with Gasteiger partial charge in [0.15, 0.2) is 0 Å². The van der Waals surface area contributed by atoms with Gasteiger partial charge in [-0.25, -0.2) is 18.0 Å². The maximum Gasteiger partial charge on any atom is 0.333 e. The highest BCUT2D eigenvalue weighted by Gasteiger charge is 2.16. The van der Waals surface area contributed by atoms with Gasteiger partial charge in [0.05, 0.1) is 31.6 Å². The molecular weight excluding hydrogens is 554 g/mol. The second-order valence-corrected chi connectivity index (χ2v) is 10.9. The van der Waals surface area contributed by atoms with Crippen molar-refractivity contribution in [2.24, 2.45) is 0 Å². The van der Waals surface area contributed by atoms with Crippen LogP contribution >= 0.6 is 0 Å². The first-order chi connectivity index (χ1) is 19.7. The summed E-state index contributed by atoms with van der Waals surface area (Å²) < 4.78 is 41.8. The molecule has 0 bridgehead atoms. The van der Waals surface area contributed by atoms with Crippen molar-refractivity contribution in [3.63, 3.8) is 0 Å². The third kappa shape index (κ3) is 21.2. The van der Waals surface area contributed by atoms with Crippen LogP contribution in [0, 0.1) is 6.92 Å². The minimum atomic E-state index is -4.27. The fraction of sp³-hybridized carbons (Fsp3) is 0.394. The molecule has 0 heterocycles. The molecule has 0 spiro atoms. The molecule has 9 heteroatoms. The third-order valence-electron chi connectivity index (χ3n) is 5.99. The van der Waals surface area contributed by atoms with Crippen LogP contribution in [0.1, 0.15) is 51.7 Å². The summed E-state index contributed by atoms with van der Waals surface area (Å²) in [4.78, 5) is 21.2. The Labute approximate surface area is 253 Å². The number of unbranched alkanes of at least 4 members (excludes halogenated alkanes) is 1. The number of aryl methyl sites for hydroxylation is 1. The van der Waals surface area contributed by atoms with Crippen molar-refractivity contribution < 1.29 is 36.5 Å². The fourth-order valence-corrected chi connectivity index (χ4v) is 3.16. The Morgan fingerprint density at radius 1 is 0.929 bits per heavy atom. The lowest BCUT2D eigenvalue weighted by Gasteiger charge is -2.31. The molecule has 8 nitrogen and oxygen atoms in total. The summed E-state index contributed by atoms with van der Waals surface area (Å²) in [7, 11) is -2.11. The topological polar surface area (TPSA) is 110 Å². The first kappa shape index (κ1) is 40.6. The van der Waals surface area contributed by atoms with Crippen LogP contribution in [0.5, 0.6) is 0 Å². The van der Waals surface area contributed by atoms with Gasteiger partial charge >= 0.3 is 11.9 Å². The first-order valence-electron chi connectivity index (χ1n) is 13.8. The molecule has 0 aromatic heterocycles. The molecule has 42 heavy (non-hydrogen) atoms. The number of benzene rings is 2. The quantitative estimate of drug-likeness (QED) is 0.0916. The zero-order valence-electron chi connectivity index (χ0n) is 26.1. The van der Waals surface area contributed by atoms with Crippen LogP contribution in [-0.4, -0.2) is 69.3 Å². The van der Waals surface area contributed by atoms with Gasteiger partial charge in [-0.3, -0.25) is 0 Å². The summed E-state index contributed by atoms with van der Waals surface area (Å²) in [6.45, 7) is 24.2. The molecule has 0 aliphatic carbocycles. The van der Waals surface area contributed by atoms with Crippen LogP contribution in [0.4, 0.5) is 0 Å². The average molecular weight is 604 g/mol. The molecule has 0 unspecified atom stereocenters. The number of nitrogens with zero attached hydrogens (tertiary/aromatic N) is 1. The lowest BCUT2D eigenvalue weighted by molar-refractivity contribution is -0.906. The Morgan fingerprint density at radius 2 is 1.48 bits per heavy atom. The summed E-state index contributed by atoms with van der Waals surface area (Å²) in [5, 5.41) is 0. The summed E-state index contributed by atoms with van der Waals surface area (Å²) in [5.41, 5.74) is 2.57. The van der Waals surface area contributed by atoms with Crippen molar-refractivity contribution >= 4 is 28.1 Å². The zero-order valence-corrected chi connectivity index (χ0v) is 27.0. The van der Waals surface area contributed by atoms with Crippen LogP contribution < -0.4 is 0 Å². The van der Waals surface area contributed by atoms with Crippen molar-refractivity contribution in [1.29, 1.82) is 0 Å². The van der Waals surface area contributed by atoms with Crippen molar-refractivity contribution in [3.8, 4) is 0 Å². The molecule has 0 N–H and O–H groups in total. The van der Waals surface area contributed by atoms with Gasteiger partial charge in [0.25, 0.3) is 0 Å². The largest absolute Gasteiger partial charge is 0.744 e. The first-order valence-corrected chi connectivity index (χ1v) is 15.3. The van der Waals surface area contributed by atoms with Crippen LogP contribution in [-0.2, 0) is 29.2 Å². The molecule has 0 radical (unpaired) electrons. The van der Waals surface area contributed by atoms with Crippen LogP contribution in [0.15, 0.2) is 90.9 Å². The zero-order chi connectivity index (χ0) is 32.6. The van der Waals surface area contributed by atoms with Gasteiger partial charge in [0.2, 0.25) is 0 Å². The fourth-order valence-electron chi connectivity index (χ4n) is 2.69. The van der Waals surface area contributed by atoms with E-state index in [1.165, 1.54) is 23.8 Å². The molecule has 0 fully saturated rings. The minimum absolute atomic E-state index is 0.178. The maximum atomic E-state index is 11.1. The Bertz CT molecular complexity index is 1170. The van der Waals surface area contributed by atoms with E-state index < -0.39 is 10.1 Å². The summed E-state index contributed by atoms with van der Waals surface area (Å²) in [6.07, 6.45) is 4.99. The van der Waals surface area contributed by atoms with Gasteiger partial charge in [-0.1, -0.05) is 87.2 Å². The minimum Gasteiger partial charge on any atom is -0.744 e. The number of rotatable bonds is 12. The third-order valence-corrected chi connectivity index (χ3v) is 6.84. The molecule has 234 valence electrons. The molecule has 2 rings (SSSR count). The lowest BCUT2D eigenvalue weighted by Crippen LogP contribution is -2.46. The van der Waals surface area contributed by atoms with E-state index >= 15 is 0 Å². The van der Waals surface area contributed by atoms with Crippen molar-refractivity contribution in [1.82, 2.24) is 0 Å². The number of carbonyl (C=O) groups is 2. The van der Waals surface area contributed by atoms with Crippen molar-refractivity contribution in [2.75, 3.05) is 39.9 Å². The Morgan fingerprint density at radius 3 is 1.86 bits per heavy atom. The van der Waals surface area contributed by atoms with Gasteiger partial charge in [-0.15, -0.1) is 0 Å². The van der Waals surface area contributed by atoms with E-state index in [0.29, 0.717) is 18.8 Å². The predicted molar refractivity (Wildman–Crippen MR) is 170 cm³/mol. The maximum absolute atomic E-state index is 11.1. The van der Waals surface area contributed by atoms with E-state index in [0.717, 1.165) is 42.5 Å². The summed E-state index contributed by atoms with van der Waals surface area (Å²) in [5.74, 6) is -0.618. The Kier molecular flexibility index (Phi) is 22.3. The number of esters is 2. The van der Waals surface area contributed by atoms with Gasteiger partial charge in [-0.05, 0) is 51.8 Å². The lowest BCUT2D eigenvalue weighted by atomic mass is 10.2. The van der Waals surface area contributed by atoms with Crippen LogP contribution in [0.2, 0.25) is 0 Å². The summed E-state index contributed by atoms with van der Waals surface area (Å²) in [6, 6.07) is 15.8. The smallest absolute Gasteiger partial charge is 0.333 e. The highest BCUT2D eigenvalue weighted by molar-refractivity contribution is 7.85. The number of hydrogen-bond acceptors (Lipinski definition) is 7. The van der Waals surface area contributed by atoms with Gasteiger partial charge in [0, 0.05) is 11.6 Å². The standard InChI is InChI=1S/C11H22NO2.C8H8.C7H8O3S.C7H12O2/c1-6-12(5,7-2)8-9-14-11(13)10(3)4;1-2-8-6-4-3-5-7-8;1-6-2-4-7(5-3-6)11(8,9)10;1-3-5-6-9-7(8)4-2/h3,6-9H2,1-2,4-5H3;2-7H,1H2;2-5H,1H3,(H,8,9,10);4H,2-3,5-6H2,1H3/q+1;;;/p-1. The highest BCUT2D eigenvalue weighted by Crippen LogP contribution is 2.08. The number of hydrogen-bond donors (Lipinski definition) is 0. The predicted octanol–water partition coefficient (Wildman–Crippen LogP) is 6.34. The van der Waals surface area contributed by atoms with E-state index in [2.05, 4.69) is 45.4 Å².